The summed E-state index contributed by atoms with van der Waals surface area (Å²) in [5.74, 6) is -1.62. The van der Waals surface area contributed by atoms with Crippen molar-refractivity contribution in [3.8, 4) is 0 Å². The molecule has 1 aliphatic rings. The van der Waals surface area contributed by atoms with E-state index in [0.717, 1.165) is 0 Å². The summed E-state index contributed by atoms with van der Waals surface area (Å²) in [4.78, 5) is 51.5. The van der Waals surface area contributed by atoms with Crippen molar-refractivity contribution in [2.24, 2.45) is 0 Å². The van der Waals surface area contributed by atoms with E-state index >= 15 is 0 Å². The molecule has 2 amide bonds. The summed E-state index contributed by atoms with van der Waals surface area (Å²) >= 11 is 2.45. The molecular weight excluding hydrogens is 472 g/mol. The van der Waals surface area contributed by atoms with E-state index in [4.69, 9.17) is 11.5 Å². The zero-order valence-electron chi connectivity index (χ0n) is 17.4. The molecule has 0 unspecified atom stereocenters. The average molecular weight is 489 g/mol. The molecule has 0 bridgehead atoms. The fourth-order valence-electron chi connectivity index (χ4n) is 3.64. The first kappa shape index (κ1) is 21.6. The number of ketones is 2. The molecule has 10 heteroatoms. The molecule has 0 spiro atoms. The topological polar surface area (TPSA) is 144 Å². The van der Waals surface area contributed by atoms with Crippen molar-refractivity contribution in [2.75, 3.05) is 22.1 Å². The first-order valence-corrected chi connectivity index (χ1v) is 11.6. The lowest BCUT2D eigenvalue weighted by Crippen LogP contribution is -2.23. The number of fused-ring (bicyclic) bond motifs is 2. The summed E-state index contributed by atoms with van der Waals surface area (Å²) < 4.78 is 0. The molecule has 2 aromatic heterocycles. The van der Waals surface area contributed by atoms with Gasteiger partial charge in [0.1, 0.15) is 0 Å². The van der Waals surface area contributed by atoms with E-state index in [2.05, 4.69) is 10.6 Å². The van der Waals surface area contributed by atoms with Gasteiger partial charge >= 0.3 is 0 Å². The molecule has 2 aromatic carbocycles. The molecule has 0 fully saturated rings. The molecule has 4 aromatic rings. The molecule has 0 radical (unpaired) electrons. The Morgan fingerprint density at radius 2 is 1.00 bits per heavy atom. The predicted octanol–water partition coefficient (Wildman–Crippen LogP) is 4.25. The van der Waals surface area contributed by atoms with Crippen molar-refractivity contribution in [3.05, 3.63) is 94.0 Å². The molecule has 34 heavy (non-hydrogen) atoms. The quantitative estimate of drug-likeness (QED) is 0.298. The number of anilines is 4. The van der Waals surface area contributed by atoms with Crippen LogP contribution in [0.15, 0.2) is 60.7 Å². The van der Waals surface area contributed by atoms with Crippen molar-refractivity contribution in [1.82, 2.24) is 0 Å². The van der Waals surface area contributed by atoms with Crippen molar-refractivity contribution in [1.29, 1.82) is 0 Å². The normalized spacial score (nSPS) is 12.1. The number of amides is 2. The highest BCUT2D eigenvalue weighted by Gasteiger charge is 2.31. The van der Waals surface area contributed by atoms with Gasteiger partial charge in [-0.2, -0.15) is 0 Å². The first-order chi connectivity index (χ1) is 16.3. The van der Waals surface area contributed by atoms with Gasteiger partial charge < -0.3 is 22.1 Å². The van der Waals surface area contributed by atoms with Crippen LogP contribution in [0.1, 0.15) is 52.6 Å². The largest absolute Gasteiger partial charge is 0.391 e. The average Bonchev–Trinajstić information content (AvgIpc) is 3.43. The number of rotatable bonds is 4. The summed E-state index contributed by atoms with van der Waals surface area (Å²) in [5.41, 5.74) is 12.5. The fraction of sp³-hybridized carbons (Fsp3) is 0. The molecule has 2 heterocycles. The van der Waals surface area contributed by atoms with Crippen LogP contribution in [0.5, 0.6) is 0 Å². The van der Waals surface area contributed by atoms with Crippen molar-refractivity contribution in [3.63, 3.8) is 0 Å². The van der Waals surface area contributed by atoms with Crippen LogP contribution in [0.3, 0.4) is 0 Å². The minimum absolute atomic E-state index is 0.141. The molecule has 8 nitrogen and oxygen atoms in total. The third-order valence-electron chi connectivity index (χ3n) is 5.27. The summed E-state index contributed by atoms with van der Waals surface area (Å²) in [6, 6.07) is 15.4. The minimum atomic E-state index is -0.420. The van der Waals surface area contributed by atoms with Gasteiger partial charge in [0.05, 0.1) is 20.0 Å². The summed E-state index contributed by atoms with van der Waals surface area (Å²) in [6.07, 6.45) is 0. The second-order valence-electron chi connectivity index (χ2n) is 7.49. The predicted molar refractivity (Wildman–Crippen MR) is 133 cm³/mol. The van der Waals surface area contributed by atoms with Crippen LogP contribution in [0.2, 0.25) is 0 Å². The number of thiophene rings is 2. The third-order valence-corrected chi connectivity index (χ3v) is 6.93. The Balaban J connectivity index is 1.42. The Labute approximate surface area is 201 Å². The van der Waals surface area contributed by atoms with Crippen LogP contribution in [-0.4, -0.2) is 23.4 Å². The Bertz CT molecular complexity index is 1410. The molecule has 168 valence electrons. The van der Waals surface area contributed by atoms with Crippen LogP contribution >= 0.6 is 22.7 Å². The Morgan fingerprint density at radius 3 is 1.35 bits per heavy atom. The van der Waals surface area contributed by atoms with Crippen LogP contribution in [0.25, 0.3) is 0 Å². The lowest BCUT2D eigenvalue weighted by Gasteiger charge is -2.19. The van der Waals surface area contributed by atoms with Gasteiger partial charge in [0.25, 0.3) is 11.8 Å². The van der Waals surface area contributed by atoms with Crippen molar-refractivity contribution < 1.29 is 19.2 Å². The Hall–Kier alpha value is -4.28. The number of benzene rings is 2. The lowest BCUT2D eigenvalue weighted by molar-refractivity contribution is 0.0976. The third kappa shape index (κ3) is 3.85. The standard InChI is InChI=1S/C24H16N4O4S2/c25-17-5-7-19(33-17)27-23(31)11-1-3-13-15(9-11)22(30)14-4-2-12(10-16(14)21(13)29)24(32)28-20-8-6-18(26)34-20/h1-10H,25-26H2,(H,27,31)(H,28,32). The van der Waals surface area contributed by atoms with Crippen molar-refractivity contribution >= 4 is 66.1 Å². The van der Waals surface area contributed by atoms with E-state index in [1.807, 2.05) is 0 Å². The highest BCUT2D eigenvalue weighted by molar-refractivity contribution is 7.20. The maximum absolute atomic E-state index is 13.2. The smallest absolute Gasteiger partial charge is 0.256 e. The Kier molecular flexibility index (Phi) is 5.23. The number of nitrogens with one attached hydrogen (secondary N) is 2. The number of carbonyl (C=O) groups excluding carboxylic acids is 4. The van der Waals surface area contributed by atoms with Crippen LogP contribution in [0, 0.1) is 0 Å². The van der Waals surface area contributed by atoms with E-state index < -0.39 is 23.4 Å². The number of carbonyl (C=O) groups is 4. The van der Waals surface area contributed by atoms with Crippen LogP contribution < -0.4 is 22.1 Å². The molecule has 0 saturated carbocycles. The minimum Gasteiger partial charge on any atom is -0.391 e. The molecule has 1 aliphatic carbocycles. The lowest BCUT2D eigenvalue weighted by atomic mass is 9.82. The summed E-state index contributed by atoms with van der Waals surface area (Å²) in [7, 11) is 0. The monoisotopic (exact) mass is 488 g/mol. The highest BCUT2D eigenvalue weighted by atomic mass is 32.1. The van der Waals surface area contributed by atoms with Crippen LogP contribution in [-0.2, 0) is 0 Å². The Morgan fingerprint density at radius 1 is 0.588 bits per heavy atom. The van der Waals surface area contributed by atoms with E-state index in [0.29, 0.717) is 20.0 Å². The molecule has 6 N–H and O–H groups in total. The second-order valence-corrected chi connectivity index (χ2v) is 9.72. The number of hydrogen-bond acceptors (Lipinski definition) is 8. The second kappa shape index (κ2) is 8.25. The van der Waals surface area contributed by atoms with Gasteiger partial charge in [-0.05, 0) is 60.7 Å². The number of hydrogen-bond donors (Lipinski definition) is 4. The summed E-state index contributed by atoms with van der Waals surface area (Å²) in [6.45, 7) is 0. The van der Waals surface area contributed by atoms with Gasteiger partial charge in [-0.1, -0.05) is 0 Å². The first-order valence-electron chi connectivity index (χ1n) is 10.0. The van der Waals surface area contributed by atoms with E-state index in [1.54, 1.807) is 24.3 Å². The zero-order valence-corrected chi connectivity index (χ0v) is 19.0. The van der Waals surface area contributed by atoms with Gasteiger partial charge in [-0.3, -0.25) is 19.2 Å². The van der Waals surface area contributed by atoms with Crippen molar-refractivity contribution in [2.45, 2.75) is 0 Å². The molecule has 0 aliphatic heterocycles. The number of nitrogens with two attached hydrogens (primary N) is 2. The number of nitrogen functional groups attached to an aromatic ring is 2. The zero-order chi connectivity index (χ0) is 24.0. The maximum atomic E-state index is 13.2. The highest BCUT2D eigenvalue weighted by Crippen LogP contribution is 2.30. The molecule has 0 atom stereocenters. The van der Waals surface area contributed by atoms with Gasteiger partial charge in [0.2, 0.25) is 0 Å². The van der Waals surface area contributed by atoms with E-state index in [1.165, 1.54) is 59.1 Å². The summed E-state index contributed by atoms with van der Waals surface area (Å²) in [5, 5.41) is 7.72. The SMILES string of the molecule is Nc1ccc(NC(=O)c2ccc3c(c2)C(=O)c2ccc(C(=O)Nc4ccc(N)s4)cc2C3=O)s1. The van der Waals surface area contributed by atoms with Crippen LogP contribution in [0.4, 0.5) is 20.0 Å². The van der Waals surface area contributed by atoms with Gasteiger partial charge in [0.15, 0.2) is 11.6 Å². The van der Waals surface area contributed by atoms with E-state index in [-0.39, 0.29) is 33.4 Å². The van der Waals surface area contributed by atoms with E-state index in [9.17, 15) is 19.2 Å². The van der Waals surface area contributed by atoms with Gasteiger partial charge in [-0.25, -0.2) is 0 Å². The van der Waals surface area contributed by atoms with Gasteiger partial charge in [0, 0.05) is 33.4 Å². The fourth-order valence-corrected chi connectivity index (χ4v) is 4.98. The maximum Gasteiger partial charge on any atom is 0.256 e. The van der Waals surface area contributed by atoms with Gasteiger partial charge in [-0.15, -0.1) is 22.7 Å². The molecule has 0 saturated heterocycles. The molecular formula is C24H16N4O4S2. The molecule has 5 rings (SSSR count).